The van der Waals surface area contributed by atoms with Crippen LogP contribution in [-0.4, -0.2) is 6.54 Å². The SMILES string of the molecule is C=C(C)c1ccc(C(CC)(CC)c2ccc(NCCC(C)(C)C)c(C)c2)cc1C. The second-order valence-electron chi connectivity index (χ2n) is 9.87. The van der Waals surface area contributed by atoms with E-state index in [9.17, 15) is 0 Å². The molecule has 29 heavy (non-hydrogen) atoms. The molecule has 0 spiro atoms. The van der Waals surface area contributed by atoms with Gasteiger partial charge in [-0.25, -0.2) is 0 Å². The van der Waals surface area contributed by atoms with E-state index < -0.39 is 0 Å². The molecule has 2 aromatic rings. The molecule has 0 aromatic heterocycles. The summed E-state index contributed by atoms with van der Waals surface area (Å²) in [7, 11) is 0. The van der Waals surface area contributed by atoms with Gasteiger partial charge in [0.05, 0.1) is 0 Å². The van der Waals surface area contributed by atoms with E-state index in [0.717, 1.165) is 31.4 Å². The minimum atomic E-state index is 0.0487. The summed E-state index contributed by atoms with van der Waals surface area (Å²) >= 11 is 0. The predicted molar refractivity (Wildman–Crippen MR) is 131 cm³/mol. The number of nitrogens with one attached hydrogen (secondary N) is 1. The van der Waals surface area contributed by atoms with Gasteiger partial charge in [0.15, 0.2) is 0 Å². The molecule has 0 saturated carbocycles. The number of benzene rings is 2. The number of hydrogen-bond acceptors (Lipinski definition) is 1. The van der Waals surface area contributed by atoms with E-state index in [1.165, 1.54) is 33.5 Å². The van der Waals surface area contributed by atoms with Gasteiger partial charge in [-0.15, -0.1) is 0 Å². The largest absolute Gasteiger partial charge is 0.385 e. The standard InChI is InChI=1S/C28H41N/c1-10-28(11-2,23-12-14-25(20(3)4)21(5)18-23)24-13-15-26(22(6)19-24)29-17-16-27(7,8)9/h12-15,18-19,29H,3,10-11,16-17H2,1-2,4-9H3. The molecule has 0 aliphatic carbocycles. The first-order valence-corrected chi connectivity index (χ1v) is 11.2. The van der Waals surface area contributed by atoms with E-state index in [2.05, 4.69) is 104 Å². The third-order valence-electron chi connectivity index (χ3n) is 6.42. The zero-order valence-corrected chi connectivity index (χ0v) is 20.0. The normalized spacial score (nSPS) is 12.1. The van der Waals surface area contributed by atoms with Crippen LogP contribution >= 0.6 is 0 Å². The van der Waals surface area contributed by atoms with Gasteiger partial charge in [0.25, 0.3) is 0 Å². The van der Waals surface area contributed by atoms with Crippen molar-refractivity contribution in [3.05, 3.63) is 70.8 Å². The summed E-state index contributed by atoms with van der Waals surface area (Å²) in [5.74, 6) is 0. The maximum Gasteiger partial charge on any atom is 0.0370 e. The number of allylic oxidation sites excluding steroid dienone is 1. The van der Waals surface area contributed by atoms with E-state index in [0.29, 0.717) is 5.41 Å². The smallest absolute Gasteiger partial charge is 0.0370 e. The van der Waals surface area contributed by atoms with Crippen molar-refractivity contribution in [1.29, 1.82) is 0 Å². The zero-order valence-electron chi connectivity index (χ0n) is 20.0. The summed E-state index contributed by atoms with van der Waals surface area (Å²) in [4.78, 5) is 0. The second-order valence-corrected chi connectivity index (χ2v) is 9.87. The van der Waals surface area contributed by atoms with Crippen LogP contribution in [0.25, 0.3) is 5.57 Å². The summed E-state index contributed by atoms with van der Waals surface area (Å²) in [6.45, 7) is 23.2. The first-order chi connectivity index (χ1) is 13.5. The molecule has 1 N–H and O–H groups in total. The van der Waals surface area contributed by atoms with E-state index in [-0.39, 0.29) is 5.41 Å². The first-order valence-electron chi connectivity index (χ1n) is 11.2. The highest BCUT2D eigenvalue weighted by Gasteiger charge is 2.31. The molecule has 0 aliphatic rings. The molecule has 0 fully saturated rings. The number of anilines is 1. The van der Waals surface area contributed by atoms with Gasteiger partial charge in [0, 0.05) is 17.6 Å². The van der Waals surface area contributed by atoms with Crippen LogP contribution in [-0.2, 0) is 5.41 Å². The molecular formula is C28H41N. The Labute approximate surface area is 179 Å². The lowest BCUT2D eigenvalue weighted by atomic mass is 9.69. The molecule has 1 nitrogen and oxygen atoms in total. The molecule has 0 heterocycles. The maximum absolute atomic E-state index is 4.13. The van der Waals surface area contributed by atoms with Gasteiger partial charge in [-0.05, 0) is 79.3 Å². The molecule has 0 atom stereocenters. The van der Waals surface area contributed by atoms with Crippen LogP contribution in [0.3, 0.4) is 0 Å². The quantitative estimate of drug-likeness (QED) is 0.477. The molecule has 2 aromatic carbocycles. The lowest BCUT2D eigenvalue weighted by Gasteiger charge is -2.34. The summed E-state index contributed by atoms with van der Waals surface area (Å²) in [6.07, 6.45) is 3.34. The number of aryl methyl sites for hydroxylation is 2. The summed E-state index contributed by atoms with van der Waals surface area (Å²) in [6, 6.07) is 14.0. The molecule has 0 radical (unpaired) electrons. The van der Waals surface area contributed by atoms with Crippen molar-refractivity contribution >= 4 is 11.3 Å². The highest BCUT2D eigenvalue weighted by molar-refractivity contribution is 5.65. The Bertz CT molecular complexity index is 847. The zero-order chi connectivity index (χ0) is 21.8. The predicted octanol–water partition coefficient (Wildman–Crippen LogP) is 8.29. The fourth-order valence-corrected chi connectivity index (χ4v) is 4.41. The Morgan fingerprint density at radius 2 is 1.45 bits per heavy atom. The summed E-state index contributed by atoms with van der Waals surface area (Å²) in [5, 5.41) is 3.64. The molecule has 0 amide bonds. The van der Waals surface area contributed by atoms with Crippen LogP contribution in [0, 0.1) is 19.3 Å². The van der Waals surface area contributed by atoms with Crippen molar-refractivity contribution in [1.82, 2.24) is 0 Å². The van der Waals surface area contributed by atoms with Crippen LogP contribution in [0.15, 0.2) is 43.0 Å². The van der Waals surface area contributed by atoms with Gasteiger partial charge in [0.2, 0.25) is 0 Å². The molecule has 2 rings (SSSR count). The van der Waals surface area contributed by atoms with Gasteiger partial charge >= 0.3 is 0 Å². The van der Waals surface area contributed by atoms with Crippen molar-refractivity contribution < 1.29 is 0 Å². The Morgan fingerprint density at radius 1 is 0.897 bits per heavy atom. The topological polar surface area (TPSA) is 12.0 Å². The van der Waals surface area contributed by atoms with Crippen molar-refractivity contribution in [2.75, 3.05) is 11.9 Å². The highest BCUT2D eigenvalue weighted by Crippen LogP contribution is 2.41. The monoisotopic (exact) mass is 391 g/mol. The van der Waals surface area contributed by atoms with Crippen molar-refractivity contribution in [2.24, 2.45) is 5.41 Å². The summed E-state index contributed by atoms with van der Waals surface area (Å²) < 4.78 is 0. The van der Waals surface area contributed by atoms with Gasteiger partial charge in [-0.3, -0.25) is 0 Å². The lowest BCUT2D eigenvalue weighted by Crippen LogP contribution is -2.26. The van der Waals surface area contributed by atoms with E-state index >= 15 is 0 Å². The Balaban J connectivity index is 2.38. The number of rotatable bonds is 8. The Hall–Kier alpha value is -2.02. The van der Waals surface area contributed by atoms with Crippen LogP contribution < -0.4 is 5.32 Å². The average Bonchev–Trinajstić information content (AvgIpc) is 2.63. The number of hydrogen-bond donors (Lipinski definition) is 1. The lowest BCUT2D eigenvalue weighted by molar-refractivity contribution is 0.390. The van der Waals surface area contributed by atoms with Crippen molar-refractivity contribution in [2.45, 2.75) is 80.1 Å². The summed E-state index contributed by atoms with van der Waals surface area (Å²) in [5.41, 5.74) is 9.55. The van der Waals surface area contributed by atoms with Crippen LogP contribution in [0.2, 0.25) is 0 Å². The first kappa shape index (κ1) is 23.3. The molecule has 0 unspecified atom stereocenters. The van der Waals surface area contributed by atoms with E-state index in [1.807, 2.05) is 0 Å². The Kier molecular flexibility index (Phi) is 7.38. The third-order valence-corrected chi connectivity index (χ3v) is 6.42. The van der Waals surface area contributed by atoms with Crippen LogP contribution in [0.1, 0.15) is 88.6 Å². The van der Waals surface area contributed by atoms with Crippen LogP contribution in [0.5, 0.6) is 0 Å². The maximum atomic E-state index is 4.13. The molecule has 1 heteroatoms. The van der Waals surface area contributed by atoms with Gasteiger partial charge in [-0.1, -0.05) is 77.1 Å². The fraction of sp³-hybridized carbons (Fsp3) is 0.500. The van der Waals surface area contributed by atoms with Gasteiger partial charge in [0.1, 0.15) is 0 Å². The van der Waals surface area contributed by atoms with Crippen molar-refractivity contribution in [3.8, 4) is 0 Å². The fourth-order valence-electron chi connectivity index (χ4n) is 4.41. The molecule has 0 aliphatic heterocycles. The van der Waals surface area contributed by atoms with Gasteiger partial charge < -0.3 is 5.32 Å². The van der Waals surface area contributed by atoms with E-state index in [4.69, 9.17) is 0 Å². The van der Waals surface area contributed by atoms with Gasteiger partial charge in [-0.2, -0.15) is 0 Å². The highest BCUT2D eigenvalue weighted by atomic mass is 14.9. The minimum absolute atomic E-state index is 0.0487. The molecular weight excluding hydrogens is 350 g/mol. The minimum Gasteiger partial charge on any atom is -0.385 e. The second kappa shape index (κ2) is 9.20. The Morgan fingerprint density at radius 3 is 1.90 bits per heavy atom. The average molecular weight is 392 g/mol. The van der Waals surface area contributed by atoms with Crippen LogP contribution in [0.4, 0.5) is 5.69 Å². The molecule has 0 saturated heterocycles. The third kappa shape index (κ3) is 5.32. The molecule has 158 valence electrons. The van der Waals surface area contributed by atoms with Crippen molar-refractivity contribution in [3.63, 3.8) is 0 Å². The molecule has 0 bridgehead atoms. The van der Waals surface area contributed by atoms with E-state index in [1.54, 1.807) is 0 Å².